The summed E-state index contributed by atoms with van der Waals surface area (Å²) < 4.78 is 3.74. The lowest BCUT2D eigenvalue weighted by Crippen LogP contribution is -2.16. The van der Waals surface area contributed by atoms with Crippen molar-refractivity contribution < 1.29 is 0 Å². The van der Waals surface area contributed by atoms with Crippen LogP contribution in [0, 0.1) is 0 Å². The number of benzene rings is 1. The van der Waals surface area contributed by atoms with E-state index < -0.39 is 0 Å². The molecule has 2 aromatic heterocycles. The number of hydrogen-bond acceptors (Lipinski definition) is 4. The third kappa shape index (κ3) is 2.54. The number of nitrogens with zero attached hydrogens (tertiary/aromatic N) is 5. The Balaban J connectivity index is 1.66. The van der Waals surface area contributed by atoms with Crippen molar-refractivity contribution in [1.29, 1.82) is 0 Å². The number of rotatable bonds is 5. The predicted octanol–water partition coefficient (Wildman–Crippen LogP) is 1.47. The molecule has 1 N–H and O–H groups in total. The fourth-order valence-electron chi connectivity index (χ4n) is 2.60. The molecule has 3 aromatic rings. The Morgan fingerprint density at radius 1 is 1.29 bits per heavy atom. The minimum Gasteiger partial charge on any atom is -0.308 e. The van der Waals surface area contributed by atoms with Crippen molar-refractivity contribution in [3.8, 4) is 0 Å². The quantitative estimate of drug-likeness (QED) is 0.770. The molecule has 0 amide bonds. The van der Waals surface area contributed by atoms with Gasteiger partial charge in [-0.25, -0.2) is 0 Å². The van der Waals surface area contributed by atoms with Crippen LogP contribution >= 0.6 is 0 Å². The largest absolute Gasteiger partial charge is 0.308 e. The Morgan fingerprint density at radius 2 is 2.14 bits per heavy atom. The van der Waals surface area contributed by atoms with Crippen molar-refractivity contribution in [2.75, 3.05) is 0 Å². The van der Waals surface area contributed by atoms with Gasteiger partial charge >= 0.3 is 0 Å². The number of para-hydroxylation sites is 1. The molecule has 0 spiro atoms. The summed E-state index contributed by atoms with van der Waals surface area (Å²) in [5, 5.41) is 17.7. The van der Waals surface area contributed by atoms with E-state index in [-0.39, 0.29) is 0 Å². The second kappa shape index (κ2) is 4.96. The van der Waals surface area contributed by atoms with Crippen LogP contribution in [0.5, 0.6) is 0 Å². The van der Waals surface area contributed by atoms with Crippen LogP contribution in [0.4, 0.5) is 0 Å². The first-order valence-corrected chi connectivity index (χ1v) is 7.32. The van der Waals surface area contributed by atoms with Gasteiger partial charge in [-0.3, -0.25) is 9.36 Å². The highest BCUT2D eigenvalue weighted by Crippen LogP contribution is 2.22. The third-order valence-corrected chi connectivity index (χ3v) is 3.83. The molecule has 4 rings (SSSR count). The second-order valence-electron chi connectivity index (χ2n) is 5.66. The van der Waals surface area contributed by atoms with Gasteiger partial charge in [0.1, 0.15) is 5.69 Å². The predicted molar refractivity (Wildman–Crippen MR) is 79.7 cm³/mol. The molecule has 6 heteroatoms. The van der Waals surface area contributed by atoms with Gasteiger partial charge in [0.25, 0.3) is 0 Å². The maximum Gasteiger partial charge on any atom is 0.104 e. The highest BCUT2D eigenvalue weighted by Gasteiger charge is 2.21. The molecule has 0 saturated heterocycles. The normalized spacial score (nSPS) is 14.9. The molecule has 0 radical (unpaired) electrons. The lowest BCUT2D eigenvalue weighted by Gasteiger charge is -1.99. The van der Waals surface area contributed by atoms with Gasteiger partial charge in [0.2, 0.25) is 0 Å². The highest BCUT2D eigenvalue weighted by molar-refractivity contribution is 5.82. The molecule has 108 valence electrons. The summed E-state index contributed by atoms with van der Waals surface area (Å²) in [6.07, 6.45) is 4.51. The van der Waals surface area contributed by atoms with Gasteiger partial charge in [0.15, 0.2) is 0 Å². The Hall–Kier alpha value is -2.21. The number of nitrogens with one attached hydrogen (secondary N) is 1. The van der Waals surface area contributed by atoms with E-state index in [0.717, 1.165) is 23.4 Å². The molecule has 1 aliphatic carbocycles. The molecule has 0 atom stereocenters. The van der Waals surface area contributed by atoms with Gasteiger partial charge in [-0.15, -0.1) is 5.10 Å². The molecule has 1 aliphatic rings. The molecule has 6 nitrogen and oxygen atoms in total. The van der Waals surface area contributed by atoms with Crippen molar-refractivity contribution in [2.24, 2.45) is 7.05 Å². The summed E-state index contributed by atoms with van der Waals surface area (Å²) in [5.41, 5.74) is 3.18. The lowest BCUT2D eigenvalue weighted by molar-refractivity contribution is 0.634. The van der Waals surface area contributed by atoms with Crippen LogP contribution in [0.1, 0.15) is 24.2 Å². The molecular weight excluding hydrogens is 264 g/mol. The fourth-order valence-corrected chi connectivity index (χ4v) is 2.60. The smallest absolute Gasteiger partial charge is 0.104 e. The number of hydrogen-bond donors (Lipinski definition) is 1. The maximum atomic E-state index is 4.77. The van der Waals surface area contributed by atoms with Crippen molar-refractivity contribution >= 4 is 10.9 Å². The first-order valence-electron chi connectivity index (χ1n) is 7.32. The molecule has 2 heterocycles. The lowest BCUT2D eigenvalue weighted by atomic mass is 10.2. The van der Waals surface area contributed by atoms with E-state index in [4.69, 9.17) is 5.10 Å². The summed E-state index contributed by atoms with van der Waals surface area (Å²) >= 11 is 0. The van der Waals surface area contributed by atoms with Gasteiger partial charge in [0.05, 0.1) is 17.8 Å². The Kier molecular flexibility index (Phi) is 2.96. The van der Waals surface area contributed by atoms with E-state index in [1.54, 1.807) is 4.68 Å². The number of aryl methyl sites for hydroxylation is 1. The Labute approximate surface area is 122 Å². The van der Waals surface area contributed by atoms with E-state index >= 15 is 0 Å². The van der Waals surface area contributed by atoms with Crippen LogP contribution in [-0.4, -0.2) is 30.8 Å². The van der Waals surface area contributed by atoms with E-state index in [9.17, 15) is 0 Å². The summed E-state index contributed by atoms with van der Waals surface area (Å²) in [7, 11) is 1.88. The zero-order valence-electron chi connectivity index (χ0n) is 12.0. The van der Waals surface area contributed by atoms with Crippen LogP contribution in [0.3, 0.4) is 0 Å². The number of aromatic nitrogens is 5. The van der Waals surface area contributed by atoms with Crippen LogP contribution in [-0.2, 0) is 20.1 Å². The maximum absolute atomic E-state index is 4.77. The van der Waals surface area contributed by atoms with E-state index in [2.05, 4.69) is 39.9 Å². The first kappa shape index (κ1) is 12.5. The zero-order chi connectivity index (χ0) is 14.2. The zero-order valence-corrected chi connectivity index (χ0v) is 12.0. The molecule has 1 aromatic carbocycles. The molecular formula is C15H18N6. The summed E-state index contributed by atoms with van der Waals surface area (Å²) in [4.78, 5) is 0. The topological polar surface area (TPSA) is 60.6 Å². The average Bonchev–Trinajstić information content (AvgIpc) is 3.15. The van der Waals surface area contributed by atoms with E-state index in [1.807, 2.05) is 17.9 Å². The van der Waals surface area contributed by atoms with Crippen molar-refractivity contribution in [2.45, 2.75) is 32.0 Å². The SMILES string of the molecule is Cn1cc(Cn2nc(CNC3CC3)c3ccccc32)nn1. The summed E-state index contributed by atoms with van der Waals surface area (Å²) in [6, 6.07) is 9.06. The fraction of sp³-hybridized carbons (Fsp3) is 0.400. The first-order chi connectivity index (χ1) is 10.3. The van der Waals surface area contributed by atoms with Crippen molar-refractivity contribution in [3.05, 3.63) is 41.9 Å². The molecule has 0 unspecified atom stereocenters. The van der Waals surface area contributed by atoms with E-state index in [1.165, 1.54) is 18.2 Å². The highest BCUT2D eigenvalue weighted by atomic mass is 15.4. The standard InChI is InChI=1S/C15H18N6/c1-20-9-12(17-19-20)10-21-15-5-3-2-4-13(15)14(18-21)8-16-11-6-7-11/h2-5,9,11,16H,6-8,10H2,1H3. The second-order valence-corrected chi connectivity index (χ2v) is 5.66. The summed E-state index contributed by atoms with van der Waals surface area (Å²) in [6.45, 7) is 1.48. The van der Waals surface area contributed by atoms with Gasteiger partial charge in [-0.1, -0.05) is 23.4 Å². The Bertz CT molecular complexity index is 767. The molecule has 1 saturated carbocycles. The van der Waals surface area contributed by atoms with Gasteiger partial charge in [0, 0.05) is 31.2 Å². The minimum absolute atomic E-state index is 0.651. The van der Waals surface area contributed by atoms with Crippen LogP contribution in [0.25, 0.3) is 10.9 Å². The Morgan fingerprint density at radius 3 is 2.90 bits per heavy atom. The van der Waals surface area contributed by atoms with Crippen molar-refractivity contribution in [1.82, 2.24) is 30.1 Å². The van der Waals surface area contributed by atoms with Crippen LogP contribution in [0.2, 0.25) is 0 Å². The number of fused-ring (bicyclic) bond motifs is 1. The van der Waals surface area contributed by atoms with Crippen LogP contribution < -0.4 is 5.32 Å². The minimum atomic E-state index is 0.651. The molecule has 0 bridgehead atoms. The van der Waals surface area contributed by atoms with Crippen LogP contribution in [0.15, 0.2) is 30.5 Å². The summed E-state index contributed by atoms with van der Waals surface area (Å²) in [5.74, 6) is 0. The van der Waals surface area contributed by atoms with Gasteiger partial charge < -0.3 is 5.32 Å². The molecule has 0 aliphatic heterocycles. The third-order valence-electron chi connectivity index (χ3n) is 3.83. The van der Waals surface area contributed by atoms with E-state index in [0.29, 0.717) is 12.6 Å². The van der Waals surface area contributed by atoms with Gasteiger partial charge in [-0.2, -0.15) is 5.10 Å². The van der Waals surface area contributed by atoms with Gasteiger partial charge in [-0.05, 0) is 18.9 Å². The molecule has 1 fully saturated rings. The molecule has 21 heavy (non-hydrogen) atoms. The van der Waals surface area contributed by atoms with Crippen molar-refractivity contribution in [3.63, 3.8) is 0 Å². The monoisotopic (exact) mass is 282 g/mol. The average molecular weight is 282 g/mol.